The molecule has 1 heterocycles. The number of primary amides is 1. The van der Waals surface area contributed by atoms with Gasteiger partial charge in [0, 0.05) is 17.1 Å². The van der Waals surface area contributed by atoms with Crippen molar-refractivity contribution in [2.45, 2.75) is 38.6 Å². The fourth-order valence-corrected chi connectivity index (χ4v) is 3.39. The van der Waals surface area contributed by atoms with Crippen LogP contribution in [-0.2, 0) is 4.79 Å². The fraction of sp³-hybridized carbons (Fsp3) is 0.389. The standard InChI is InChI=1S/C18H21N3O2/c1-12-10-15(14-8-4-5-9-16(14)20-12)18(23)21(11-17(19)22)13-6-2-3-7-13/h4-5,8-10,13H,2-3,6-7,11H2,1H3,(H2,19,22). The zero-order valence-electron chi connectivity index (χ0n) is 13.3. The van der Waals surface area contributed by atoms with Crippen LogP contribution in [0.3, 0.4) is 0 Å². The first-order chi connectivity index (χ1) is 11.1. The topological polar surface area (TPSA) is 76.3 Å². The molecule has 1 aromatic carbocycles. The second kappa shape index (κ2) is 6.36. The van der Waals surface area contributed by atoms with Crippen molar-refractivity contribution in [2.24, 2.45) is 5.73 Å². The molecular weight excluding hydrogens is 290 g/mol. The predicted octanol–water partition coefficient (Wildman–Crippen LogP) is 2.41. The molecule has 1 aliphatic rings. The minimum absolute atomic E-state index is 0.0286. The molecule has 2 N–H and O–H groups in total. The van der Waals surface area contributed by atoms with Crippen LogP contribution < -0.4 is 5.73 Å². The maximum absolute atomic E-state index is 13.1. The molecule has 5 nitrogen and oxygen atoms in total. The third kappa shape index (κ3) is 3.18. The van der Waals surface area contributed by atoms with Crippen molar-refractivity contribution in [3.63, 3.8) is 0 Å². The first-order valence-corrected chi connectivity index (χ1v) is 8.02. The number of rotatable bonds is 4. The van der Waals surface area contributed by atoms with Gasteiger partial charge in [0.15, 0.2) is 0 Å². The van der Waals surface area contributed by atoms with E-state index in [0.29, 0.717) is 5.56 Å². The molecule has 0 spiro atoms. The molecular formula is C18H21N3O2. The molecule has 0 aliphatic heterocycles. The van der Waals surface area contributed by atoms with Crippen LogP contribution in [0.1, 0.15) is 41.7 Å². The quantitative estimate of drug-likeness (QED) is 0.942. The van der Waals surface area contributed by atoms with Gasteiger partial charge in [0.1, 0.15) is 0 Å². The molecule has 0 unspecified atom stereocenters. The van der Waals surface area contributed by atoms with E-state index in [1.165, 1.54) is 0 Å². The minimum atomic E-state index is -0.472. The van der Waals surface area contributed by atoms with Crippen molar-refractivity contribution in [3.05, 3.63) is 41.6 Å². The van der Waals surface area contributed by atoms with Gasteiger partial charge in [0.05, 0.1) is 17.6 Å². The molecule has 1 saturated carbocycles. The summed E-state index contributed by atoms with van der Waals surface area (Å²) in [7, 11) is 0. The number of benzene rings is 1. The number of pyridine rings is 1. The lowest BCUT2D eigenvalue weighted by atomic mass is 10.0. The summed E-state index contributed by atoms with van der Waals surface area (Å²) in [5, 5.41) is 0.815. The monoisotopic (exact) mass is 311 g/mol. The number of para-hydroxylation sites is 1. The molecule has 0 atom stereocenters. The van der Waals surface area contributed by atoms with Crippen LogP contribution in [0.5, 0.6) is 0 Å². The largest absolute Gasteiger partial charge is 0.368 e. The zero-order chi connectivity index (χ0) is 16.4. The first-order valence-electron chi connectivity index (χ1n) is 8.02. The van der Waals surface area contributed by atoms with Crippen LogP contribution in [0, 0.1) is 6.92 Å². The summed E-state index contributed by atoms with van der Waals surface area (Å²) >= 11 is 0. The number of nitrogens with zero attached hydrogens (tertiary/aromatic N) is 2. The van der Waals surface area contributed by atoms with Gasteiger partial charge >= 0.3 is 0 Å². The highest BCUT2D eigenvalue weighted by molar-refractivity contribution is 6.07. The molecule has 1 fully saturated rings. The highest BCUT2D eigenvalue weighted by Crippen LogP contribution is 2.27. The van der Waals surface area contributed by atoms with Crippen LogP contribution in [0.2, 0.25) is 0 Å². The van der Waals surface area contributed by atoms with E-state index in [-0.39, 0.29) is 18.5 Å². The van der Waals surface area contributed by atoms with E-state index in [1.54, 1.807) is 11.0 Å². The normalized spacial score (nSPS) is 15.0. The van der Waals surface area contributed by atoms with Crippen LogP contribution in [0.15, 0.2) is 30.3 Å². The number of hydrogen-bond acceptors (Lipinski definition) is 3. The number of fused-ring (bicyclic) bond motifs is 1. The first kappa shape index (κ1) is 15.5. The Bertz CT molecular complexity index is 751. The summed E-state index contributed by atoms with van der Waals surface area (Å²) in [6.45, 7) is 1.84. The van der Waals surface area contributed by atoms with Crippen LogP contribution >= 0.6 is 0 Å². The SMILES string of the molecule is Cc1cc(C(=O)N(CC(N)=O)C2CCCC2)c2ccccc2n1. The average Bonchev–Trinajstić information content (AvgIpc) is 3.05. The van der Waals surface area contributed by atoms with E-state index in [4.69, 9.17) is 5.73 Å². The van der Waals surface area contributed by atoms with Crippen molar-refractivity contribution < 1.29 is 9.59 Å². The highest BCUT2D eigenvalue weighted by atomic mass is 16.2. The summed E-state index contributed by atoms with van der Waals surface area (Å²) in [6.07, 6.45) is 4.04. The highest BCUT2D eigenvalue weighted by Gasteiger charge is 2.29. The molecule has 3 rings (SSSR count). The van der Waals surface area contributed by atoms with Gasteiger partial charge < -0.3 is 10.6 Å². The molecule has 2 aromatic rings. The van der Waals surface area contributed by atoms with Crippen molar-refractivity contribution in [1.82, 2.24) is 9.88 Å². The van der Waals surface area contributed by atoms with Gasteiger partial charge in [0.25, 0.3) is 5.91 Å². The number of aromatic nitrogens is 1. The van der Waals surface area contributed by atoms with Crippen molar-refractivity contribution in [1.29, 1.82) is 0 Å². The van der Waals surface area contributed by atoms with E-state index in [0.717, 1.165) is 42.3 Å². The fourth-order valence-electron chi connectivity index (χ4n) is 3.39. The predicted molar refractivity (Wildman–Crippen MR) is 89.0 cm³/mol. The Hall–Kier alpha value is -2.43. The Kier molecular flexibility index (Phi) is 4.28. The molecule has 0 saturated heterocycles. The minimum Gasteiger partial charge on any atom is -0.368 e. The number of nitrogens with two attached hydrogens (primary N) is 1. The van der Waals surface area contributed by atoms with Gasteiger partial charge in [-0.3, -0.25) is 14.6 Å². The van der Waals surface area contributed by atoms with E-state index in [9.17, 15) is 9.59 Å². The van der Waals surface area contributed by atoms with Crippen LogP contribution in [0.25, 0.3) is 10.9 Å². The smallest absolute Gasteiger partial charge is 0.255 e. The molecule has 2 amide bonds. The Morgan fingerprint density at radius 2 is 1.96 bits per heavy atom. The van der Waals surface area contributed by atoms with Gasteiger partial charge in [0.2, 0.25) is 5.91 Å². The van der Waals surface area contributed by atoms with Gasteiger partial charge in [-0.25, -0.2) is 0 Å². The van der Waals surface area contributed by atoms with Crippen molar-refractivity contribution >= 4 is 22.7 Å². The Balaban J connectivity index is 2.04. The summed E-state index contributed by atoms with van der Waals surface area (Å²) in [6, 6.07) is 9.49. The van der Waals surface area contributed by atoms with E-state index >= 15 is 0 Å². The van der Waals surface area contributed by atoms with Gasteiger partial charge in [-0.15, -0.1) is 0 Å². The second-order valence-corrected chi connectivity index (χ2v) is 6.17. The van der Waals surface area contributed by atoms with E-state index in [2.05, 4.69) is 4.98 Å². The lowest BCUT2D eigenvalue weighted by Gasteiger charge is -2.28. The maximum atomic E-state index is 13.1. The summed E-state index contributed by atoms with van der Waals surface area (Å²) in [4.78, 5) is 30.7. The summed E-state index contributed by atoms with van der Waals surface area (Å²) < 4.78 is 0. The lowest BCUT2D eigenvalue weighted by Crippen LogP contribution is -2.44. The van der Waals surface area contributed by atoms with Crippen molar-refractivity contribution in [2.75, 3.05) is 6.54 Å². The van der Waals surface area contributed by atoms with Crippen LogP contribution in [0.4, 0.5) is 0 Å². The van der Waals surface area contributed by atoms with Gasteiger partial charge in [-0.2, -0.15) is 0 Å². The maximum Gasteiger partial charge on any atom is 0.255 e. The Morgan fingerprint density at radius 3 is 2.65 bits per heavy atom. The molecule has 1 aliphatic carbocycles. The van der Waals surface area contributed by atoms with Gasteiger partial charge in [-0.1, -0.05) is 31.0 Å². The molecule has 0 bridgehead atoms. The van der Waals surface area contributed by atoms with Gasteiger partial charge in [-0.05, 0) is 31.9 Å². The number of carbonyl (C=O) groups excluding carboxylic acids is 2. The third-order valence-corrected chi connectivity index (χ3v) is 4.43. The Morgan fingerprint density at radius 1 is 1.26 bits per heavy atom. The number of hydrogen-bond donors (Lipinski definition) is 1. The zero-order valence-corrected chi connectivity index (χ0v) is 13.3. The second-order valence-electron chi connectivity index (χ2n) is 6.17. The third-order valence-electron chi connectivity index (χ3n) is 4.43. The summed E-state index contributed by atoms with van der Waals surface area (Å²) in [5.74, 6) is -0.599. The van der Waals surface area contributed by atoms with Crippen molar-refractivity contribution in [3.8, 4) is 0 Å². The number of carbonyl (C=O) groups is 2. The molecule has 1 aromatic heterocycles. The Labute approximate surface area is 135 Å². The average molecular weight is 311 g/mol. The number of aryl methyl sites for hydroxylation is 1. The lowest BCUT2D eigenvalue weighted by molar-refractivity contribution is -0.119. The van der Waals surface area contributed by atoms with E-state index in [1.807, 2.05) is 31.2 Å². The van der Waals surface area contributed by atoms with E-state index < -0.39 is 5.91 Å². The molecule has 5 heteroatoms. The molecule has 0 radical (unpaired) electrons. The number of amides is 2. The molecule has 120 valence electrons. The van der Waals surface area contributed by atoms with Crippen LogP contribution in [-0.4, -0.2) is 34.3 Å². The molecule has 23 heavy (non-hydrogen) atoms. The summed E-state index contributed by atoms with van der Waals surface area (Å²) in [5.41, 5.74) is 7.55.